The summed E-state index contributed by atoms with van der Waals surface area (Å²) in [6.45, 7) is 9.80. The maximum Gasteiger partial charge on any atom is 0.232 e. The van der Waals surface area contributed by atoms with Gasteiger partial charge >= 0.3 is 0 Å². The predicted octanol–water partition coefficient (Wildman–Crippen LogP) is 3.39. The number of nitrogens with one attached hydrogen (secondary N) is 2. The summed E-state index contributed by atoms with van der Waals surface area (Å²) in [5, 5.41) is 37.9. The lowest BCUT2D eigenvalue weighted by molar-refractivity contribution is -0.134. The number of nitriles is 2. The number of hydrogen-bond donors (Lipinski definition) is 3. The van der Waals surface area contributed by atoms with Crippen molar-refractivity contribution < 1.29 is 67.0 Å². The number of ketones is 4. The number of allylic oxidation sites excluding steroid dienone is 4. The van der Waals surface area contributed by atoms with Crippen LogP contribution in [0.5, 0.6) is 23.0 Å². The molecule has 0 aromatic heterocycles. The molecular weight excluding hydrogens is 1040 g/mol. The second-order valence-electron chi connectivity index (χ2n) is 21.8. The van der Waals surface area contributed by atoms with E-state index in [0.29, 0.717) is 52.6 Å². The number of carbonyl (C=O) groups is 6. The molecule has 10 atom stereocenters. The number of likely N-dealkylation sites (N-methyl/N-ethyl adjacent to an activating group) is 2. The summed E-state index contributed by atoms with van der Waals surface area (Å²) in [6.07, 6.45) is 1.55. The number of carbonyl (C=O) groups excluding carboxylic acids is 6. The van der Waals surface area contributed by atoms with Crippen LogP contribution in [-0.4, -0.2) is 184 Å². The van der Waals surface area contributed by atoms with Gasteiger partial charge in [-0.25, -0.2) is 0 Å². The third-order valence-electron chi connectivity index (χ3n) is 17.6. The number of aliphatic hydroxyl groups is 1. The van der Waals surface area contributed by atoms with Crippen molar-refractivity contribution in [3.8, 4) is 35.1 Å². The molecular formula is C59H70N8O14. The highest BCUT2D eigenvalue weighted by Crippen LogP contribution is 2.56. The Morgan fingerprint density at radius 1 is 0.593 bits per heavy atom. The van der Waals surface area contributed by atoms with Crippen molar-refractivity contribution in [2.45, 2.75) is 128 Å². The molecule has 2 amide bonds. The largest absolute Gasteiger partial charge is 0.507 e. The lowest BCUT2D eigenvalue weighted by Crippen LogP contribution is -2.71. The van der Waals surface area contributed by atoms with E-state index in [-0.39, 0.29) is 121 Å². The van der Waals surface area contributed by atoms with Crippen molar-refractivity contribution in [1.29, 1.82) is 10.5 Å². The Morgan fingerprint density at radius 3 is 1.42 bits per heavy atom. The zero-order valence-electron chi connectivity index (χ0n) is 48.0. The molecule has 6 heterocycles. The first-order chi connectivity index (χ1) is 38.7. The molecule has 4 unspecified atom stereocenters. The van der Waals surface area contributed by atoms with Gasteiger partial charge in [0, 0.05) is 110 Å². The Balaban J connectivity index is 0.000000196. The standard InChI is InChI=1S/C30H36N4O7.C29H34N4O7/c1-14-8-17-9-19-21(11-31)34-20(25(33(19)4)23(17)30(28(14)39-6)41-13-38-5)10-18-24(22(34)12-32-16(3)35)27(37)29(40-7)15(2)26(18)36;1-13-7-16-8-18-20(10-30)33-19(24(32(18)4)22(16)29(28(13)39-6)40-12-38-5)9-17-23(21(33)11-31-15(3)34)27(37)26(36)14(2)25(17)35/h8,19-22,25H,9-10,12-13H2,1-7H3,(H,32,35);7,18-21,24,35H,8-9,11-12H2,1-6H3,(H,31,34)/t19-,20?,21-,22?,25-;18-,19?,20-,21?,24-/m00/s1. The first kappa shape index (κ1) is 58.2. The summed E-state index contributed by atoms with van der Waals surface area (Å²) >= 11 is 0. The fourth-order valence-corrected chi connectivity index (χ4v) is 14.3. The van der Waals surface area contributed by atoms with E-state index in [1.165, 1.54) is 35.0 Å². The Morgan fingerprint density at radius 2 is 1.02 bits per heavy atom. The van der Waals surface area contributed by atoms with E-state index in [4.69, 9.17) is 33.2 Å². The quantitative estimate of drug-likeness (QED) is 0.112. The smallest absolute Gasteiger partial charge is 0.232 e. The van der Waals surface area contributed by atoms with Gasteiger partial charge in [-0.05, 0) is 89.7 Å². The van der Waals surface area contributed by atoms with Crippen molar-refractivity contribution in [3.63, 3.8) is 0 Å². The lowest BCUT2D eigenvalue weighted by atomic mass is 9.69. The lowest BCUT2D eigenvalue weighted by Gasteiger charge is -2.60. The highest BCUT2D eigenvalue weighted by Gasteiger charge is 2.60. The van der Waals surface area contributed by atoms with Crippen molar-refractivity contribution in [1.82, 2.24) is 30.2 Å². The van der Waals surface area contributed by atoms with Crippen LogP contribution in [-0.2, 0) is 55.8 Å². The van der Waals surface area contributed by atoms with Crippen LogP contribution in [0.1, 0.15) is 86.0 Å². The number of hydrogen-bond acceptors (Lipinski definition) is 20. The van der Waals surface area contributed by atoms with Crippen LogP contribution in [0.4, 0.5) is 0 Å². The molecule has 0 saturated carbocycles. The number of rotatable bonds is 13. The minimum Gasteiger partial charge on any atom is -0.507 e. The summed E-state index contributed by atoms with van der Waals surface area (Å²) in [7, 11) is 11.6. The van der Waals surface area contributed by atoms with E-state index in [1.54, 1.807) is 28.3 Å². The first-order valence-electron chi connectivity index (χ1n) is 26.9. The summed E-state index contributed by atoms with van der Waals surface area (Å²) in [5.41, 5.74) is 7.17. The fraction of sp³-hybridized carbons (Fsp3) is 0.525. The number of nitrogens with zero attached hydrogens (tertiary/aromatic N) is 6. The van der Waals surface area contributed by atoms with Crippen LogP contribution in [0.2, 0.25) is 0 Å². The predicted molar refractivity (Wildman–Crippen MR) is 290 cm³/mol. The van der Waals surface area contributed by atoms with E-state index in [0.717, 1.165) is 33.4 Å². The van der Waals surface area contributed by atoms with Crippen LogP contribution in [0, 0.1) is 36.5 Å². The van der Waals surface area contributed by atoms with Gasteiger partial charge in [0.05, 0.1) is 57.6 Å². The minimum absolute atomic E-state index is 0.000180. The number of fused-ring (bicyclic) bond motifs is 12. The fourth-order valence-electron chi connectivity index (χ4n) is 14.3. The third-order valence-corrected chi connectivity index (χ3v) is 17.6. The second-order valence-corrected chi connectivity index (χ2v) is 21.8. The van der Waals surface area contributed by atoms with Gasteiger partial charge in [0.25, 0.3) is 0 Å². The average molecular weight is 1120 g/mol. The van der Waals surface area contributed by atoms with Crippen molar-refractivity contribution >= 4 is 34.9 Å². The van der Waals surface area contributed by atoms with Crippen molar-refractivity contribution in [2.75, 3.05) is 76.3 Å². The number of amides is 2. The molecule has 430 valence electrons. The topological polar surface area (TPSA) is 272 Å². The molecule has 2 aromatic rings. The third kappa shape index (κ3) is 9.35. The summed E-state index contributed by atoms with van der Waals surface area (Å²) in [5.74, 6) is -0.601. The molecule has 3 N–H and O–H groups in total. The summed E-state index contributed by atoms with van der Waals surface area (Å²) < 4.78 is 39.7. The molecule has 2 aromatic carbocycles. The number of aryl methyl sites for hydroxylation is 2. The number of methoxy groups -OCH3 is 5. The van der Waals surface area contributed by atoms with E-state index in [2.05, 4.69) is 44.7 Å². The van der Waals surface area contributed by atoms with E-state index in [9.17, 15) is 44.4 Å². The normalized spacial score (nSPS) is 27.7. The molecule has 22 heteroatoms. The minimum atomic E-state index is -0.787. The number of piperazine rings is 2. The average Bonchev–Trinajstić information content (AvgIpc) is 1.68. The molecule has 81 heavy (non-hydrogen) atoms. The van der Waals surface area contributed by atoms with Gasteiger partial charge in [-0.1, -0.05) is 12.1 Å². The molecule has 10 rings (SSSR count). The van der Waals surface area contributed by atoms with Gasteiger partial charge in [0.1, 0.15) is 17.8 Å². The second kappa shape index (κ2) is 22.8. The zero-order chi connectivity index (χ0) is 58.8. The van der Waals surface area contributed by atoms with E-state index < -0.39 is 41.8 Å². The van der Waals surface area contributed by atoms with E-state index >= 15 is 0 Å². The van der Waals surface area contributed by atoms with Gasteiger partial charge in [-0.2, -0.15) is 10.5 Å². The van der Waals surface area contributed by atoms with E-state index in [1.807, 2.05) is 37.7 Å². The molecule has 6 aliphatic heterocycles. The van der Waals surface area contributed by atoms with Gasteiger partial charge < -0.3 is 48.9 Å². The van der Waals surface area contributed by atoms with Gasteiger partial charge in [-0.15, -0.1) is 0 Å². The summed E-state index contributed by atoms with van der Waals surface area (Å²) in [6, 6.07) is 4.48. The van der Waals surface area contributed by atoms with Crippen LogP contribution >= 0.6 is 0 Å². The number of aliphatic hydroxyl groups excluding tert-OH is 1. The monoisotopic (exact) mass is 1110 g/mol. The highest BCUT2D eigenvalue weighted by molar-refractivity contribution is 6.50. The molecule has 22 nitrogen and oxygen atoms in total. The molecule has 0 spiro atoms. The zero-order valence-corrected chi connectivity index (χ0v) is 48.0. The molecule has 4 bridgehead atoms. The van der Waals surface area contributed by atoms with Gasteiger partial charge in [0.2, 0.25) is 29.2 Å². The SMILES string of the molecule is COCOc1c(OC)c(C)cc2c1[C@@H]1C3CC4=C(C(=O)C(=O)C(C)=C4O)C(CNC(C)=O)N3[C@@H](C#N)[C@H](C2)N1C.COCOc1c(OC)c(C)cc2c1[C@@H]1C3CC4=C(C(=O)C(OC)=C(C)C4=O)C(CNC(C)=O)N3[C@@H](C#N)[C@H](C2)N1C. The van der Waals surface area contributed by atoms with Crippen molar-refractivity contribution in [3.05, 3.63) is 90.5 Å². The Labute approximate surface area is 470 Å². The highest BCUT2D eigenvalue weighted by atomic mass is 16.7. The molecule has 0 radical (unpaired) electrons. The number of Topliss-reactive ketones (excluding diaryl/α,β-unsaturated/α-hetero) is 4. The van der Waals surface area contributed by atoms with Crippen molar-refractivity contribution in [2.24, 2.45) is 0 Å². The van der Waals surface area contributed by atoms with Gasteiger partial charge in [0.15, 0.2) is 48.1 Å². The molecule has 2 aliphatic carbocycles. The first-order valence-corrected chi connectivity index (χ1v) is 26.9. The Kier molecular flexibility index (Phi) is 16.4. The Bertz CT molecular complexity index is 3260. The molecule has 2 fully saturated rings. The Hall–Kier alpha value is -7.44. The van der Waals surface area contributed by atoms with Crippen LogP contribution in [0.15, 0.2) is 57.1 Å². The maximum absolute atomic E-state index is 13.8. The van der Waals surface area contributed by atoms with Crippen LogP contribution in [0.3, 0.4) is 0 Å². The number of benzene rings is 2. The molecule has 2 saturated heterocycles. The van der Waals surface area contributed by atoms with Crippen LogP contribution < -0.4 is 29.6 Å². The van der Waals surface area contributed by atoms with Crippen LogP contribution in [0.25, 0.3) is 0 Å². The summed E-state index contributed by atoms with van der Waals surface area (Å²) in [4.78, 5) is 86.2. The number of ether oxygens (including phenoxy) is 7. The van der Waals surface area contributed by atoms with Gasteiger partial charge in [-0.3, -0.25) is 48.4 Å². The molecule has 8 aliphatic rings. The maximum atomic E-state index is 13.8.